The number of piperidine rings is 1. The zero-order valence-corrected chi connectivity index (χ0v) is 22.9. The van der Waals surface area contributed by atoms with Gasteiger partial charge in [-0.2, -0.15) is 11.2 Å². The fraction of sp³-hybridized carbons (Fsp3) is 0.320. The summed E-state index contributed by atoms with van der Waals surface area (Å²) in [5.41, 5.74) is 3.31. The van der Waals surface area contributed by atoms with E-state index >= 15 is 0 Å². The van der Waals surface area contributed by atoms with Gasteiger partial charge in [0.2, 0.25) is 5.91 Å². The topological polar surface area (TPSA) is 108 Å². The average Bonchev–Trinajstić information content (AvgIpc) is 3.19. The van der Waals surface area contributed by atoms with Crippen LogP contribution in [0.25, 0.3) is 10.9 Å². The number of rotatable bonds is 7. The number of carbonyl (C=O) groups is 1. The van der Waals surface area contributed by atoms with Crippen molar-refractivity contribution < 1.29 is 70.8 Å². The first-order valence-corrected chi connectivity index (χ1v) is 10.8. The third kappa shape index (κ3) is 7.49. The summed E-state index contributed by atoms with van der Waals surface area (Å²) in [5.74, 6) is 0.854. The minimum Gasteiger partial charge on any atom is -0.565 e. The van der Waals surface area contributed by atoms with Gasteiger partial charge >= 0.3 is 51.4 Å². The van der Waals surface area contributed by atoms with Crippen LogP contribution in [0.2, 0.25) is 0 Å². The van der Waals surface area contributed by atoms with Gasteiger partial charge in [0.1, 0.15) is 0 Å². The fourth-order valence-electron chi connectivity index (χ4n) is 3.48. The van der Waals surface area contributed by atoms with E-state index < -0.39 is 0 Å². The molecule has 1 aliphatic rings. The molecule has 3 N–H and O–H groups in total. The first-order valence-electron chi connectivity index (χ1n) is 10.8. The Labute approximate surface area is 242 Å². The molecule has 0 atom stereocenters. The van der Waals surface area contributed by atoms with Crippen molar-refractivity contribution in [1.29, 1.82) is 0 Å². The number of nitrogens with one attached hydrogen (secondary N) is 2. The van der Waals surface area contributed by atoms with Crippen LogP contribution in [0.15, 0.2) is 30.3 Å². The van der Waals surface area contributed by atoms with Crippen LogP contribution >= 0.6 is 0 Å². The van der Waals surface area contributed by atoms with Crippen LogP contribution in [0, 0.1) is 13.8 Å². The number of aromatic hydroxyl groups is 1. The summed E-state index contributed by atoms with van der Waals surface area (Å²) in [6, 6.07) is 8.69. The minimum atomic E-state index is -0.139. The predicted molar refractivity (Wildman–Crippen MR) is 127 cm³/mol. The van der Waals surface area contributed by atoms with Gasteiger partial charge in [0.15, 0.2) is 0 Å². The molecule has 176 valence electrons. The van der Waals surface area contributed by atoms with Gasteiger partial charge in [-0.25, -0.2) is 6.07 Å². The van der Waals surface area contributed by atoms with E-state index in [-0.39, 0.29) is 68.6 Å². The van der Waals surface area contributed by atoms with Crippen molar-refractivity contribution in [2.75, 3.05) is 26.7 Å². The van der Waals surface area contributed by atoms with Crippen molar-refractivity contribution in [1.82, 2.24) is 20.4 Å². The summed E-state index contributed by atoms with van der Waals surface area (Å²) in [5, 5.41) is 20.3. The second-order valence-electron chi connectivity index (χ2n) is 7.85. The summed E-state index contributed by atoms with van der Waals surface area (Å²) >= 11 is 0. The maximum absolute atomic E-state index is 11.8. The minimum absolute atomic E-state index is 0. The smallest absolute Gasteiger partial charge is 0.565 e. The molecule has 9 heteroatoms. The normalized spacial score (nSPS) is 13.1. The van der Waals surface area contributed by atoms with E-state index in [1.54, 1.807) is 17.3 Å². The summed E-state index contributed by atoms with van der Waals surface area (Å²) in [6.45, 7) is 10.4. The molecule has 0 saturated carbocycles. The van der Waals surface area contributed by atoms with E-state index in [9.17, 15) is 14.7 Å². The molecular formula is C25H29KN4O4-2. The average molecular weight is 489 g/mol. The fourth-order valence-corrected chi connectivity index (χ4v) is 3.48. The molecule has 3 aromatic rings. The van der Waals surface area contributed by atoms with E-state index in [1.165, 1.54) is 6.07 Å². The number of ether oxygens (including phenoxy) is 1. The summed E-state index contributed by atoms with van der Waals surface area (Å²) in [7, 11) is 1.90. The molecule has 0 bridgehead atoms. The number of hydrogen-bond donors (Lipinski definition) is 3. The van der Waals surface area contributed by atoms with Crippen molar-refractivity contribution in [2.45, 2.75) is 25.8 Å². The van der Waals surface area contributed by atoms with Crippen LogP contribution in [0.1, 0.15) is 41.6 Å². The zero-order chi connectivity index (χ0) is 23.8. The molecule has 1 amide bonds. The Hall–Kier alpha value is -2.01. The van der Waals surface area contributed by atoms with E-state index in [1.807, 2.05) is 25.2 Å². The van der Waals surface area contributed by atoms with Gasteiger partial charge < -0.3 is 24.9 Å². The number of benzene rings is 2. The number of phenolic OH excluding ortho intramolecular Hbond substituents is 1. The number of nitrogens with zero attached hydrogens (tertiary/aromatic N) is 2. The summed E-state index contributed by atoms with van der Waals surface area (Å²) < 4.78 is 5.45. The first-order chi connectivity index (χ1) is 15.9. The van der Waals surface area contributed by atoms with Gasteiger partial charge in [0.25, 0.3) is 0 Å². The molecule has 0 unspecified atom stereocenters. The number of likely N-dealkylation sites (tertiary alicyclic amines) is 1. The van der Waals surface area contributed by atoms with Crippen molar-refractivity contribution >= 4 is 23.1 Å². The van der Waals surface area contributed by atoms with E-state index in [4.69, 9.17) is 4.74 Å². The molecule has 0 spiro atoms. The summed E-state index contributed by atoms with van der Waals surface area (Å²) in [4.78, 5) is 24.4. The molecule has 34 heavy (non-hydrogen) atoms. The zero-order valence-electron chi connectivity index (χ0n) is 19.8. The largest absolute Gasteiger partial charge is 1.00 e. The van der Waals surface area contributed by atoms with Crippen LogP contribution in [-0.4, -0.2) is 59.1 Å². The van der Waals surface area contributed by atoms with Gasteiger partial charge in [-0.15, -0.1) is 17.7 Å². The quantitative estimate of drug-likeness (QED) is 0.243. The monoisotopic (exact) mass is 488 g/mol. The Bertz CT molecular complexity index is 1120. The SMILES string of the molecule is O=[C-]c1cc2c(CN3CCCCC3=O)[nH]nc2cc1O.[CH2-]c1ccc(OCCNC)cc1[CH2-].[K+]. The van der Waals surface area contributed by atoms with E-state index in [0.717, 1.165) is 53.9 Å². The molecule has 0 radical (unpaired) electrons. The van der Waals surface area contributed by atoms with Crippen LogP contribution in [-0.2, 0) is 16.1 Å². The predicted octanol–water partition coefficient (Wildman–Crippen LogP) is -0.108. The van der Waals surface area contributed by atoms with Crippen LogP contribution < -0.4 is 61.4 Å². The molecule has 4 rings (SSSR count). The van der Waals surface area contributed by atoms with Gasteiger partial charge in [0.05, 0.1) is 30.6 Å². The molecule has 1 fully saturated rings. The number of amides is 1. The van der Waals surface area contributed by atoms with Crippen LogP contribution in [0.4, 0.5) is 0 Å². The standard InChI is InChI=1S/C14H14N3O3.C11H15NO.K/c18-8-9-5-10-11(6-13(9)19)15-16-12(10)7-17-4-2-1-3-14(17)20;1-9-4-5-11(8-10(9)2)13-7-6-12-3;/h5-6,19H,1-4,7H2,(H,15,16);4-5,8,12H,1-2,6-7H2,3H3;/q-1;-2;+1. The number of aromatic amines is 1. The number of H-pyrrole nitrogens is 1. The van der Waals surface area contributed by atoms with Gasteiger partial charge in [-0.1, -0.05) is 0 Å². The third-order valence-electron chi connectivity index (χ3n) is 5.43. The van der Waals surface area contributed by atoms with E-state index in [2.05, 4.69) is 29.4 Å². The van der Waals surface area contributed by atoms with Crippen molar-refractivity contribution in [3.63, 3.8) is 0 Å². The van der Waals surface area contributed by atoms with Crippen molar-refractivity contribution in [2.24, 2.45) is 0 Å². The first kappa shape index (κ1) is 28.2. The van der Waals surface area contributed by atoms with E-state index in [0.29, 0.717) is 25.1 Å². The molecule has 1 aliphatic heterocycles. The van der Waals surface area contributed by atoms with Crippen molar-refractivity contribution in [3.8, 4) is 11.5 Å². The molecule has 1 saturated heterocycles. The number of likely N-dealkylation sites (N-methyl/N-ethyl adjacent to an activating group) is 1. The third-order valence-corrected chi connectivity index (χ3v) is 5.43. The van der Waals surface area contributed by atoms with Crippen molar-refractivity contribution in [3.05, 3.63) is 66.6 Å². The number of carbonyl (C=O) groups excluding carboxylic acids is 2. The molecular weight excluding hydrogens is 459 g/mol. The van der Waals surface area contributed by atoms with Gasteiger partial charge in [-0.3, -0.25) is 34.9 Å². The second-order valence-corrected chi connectivity index (χ2v) is 7.85. The maximum atomic E-state index is 11.8. The number of fused-ring (bicyclic) bond motifs is 1. The number of aromatic nitrogens is 2. The van der Waals surface area contributed by atoms with Crippen LogP contribution in [0.3, 0.4) is 0 Å². The Morgan fingerprint density at radius 3 is 2.71 bits per heavy atom. The molecule has 8 nitrogen and oxygen atoms in total. The maximum Gasteiger partial charge on any atom is 1.00 e. The number of phenols is 1. The Kier molecular flexibility index (Phi) is 11.4. The molecule has 2 heterocycles. The van der Waals surface area contributed by atoms with Crippen LogP contribution in [0.5, 0.6) is 11.5 Å². The number of hydrogen-bond acceptors (Lipinski definition) is 6. The Morgan fingerprint density at radius 2 is 2.03 bits per heavy atom. The second kappa shape index (κ2) is 13.8. The van der Waals surface area contributed by atoms with Gasteiger partial charge in [-0.05, 0) is 31.3 Å². The Balaban J connectivity index is 0.000000256. The van der Waals surface area contributed by atoms with Gasteiger partial charge in [0, 0.05) is 31.0 Å². The summed E-state index contributed by atoms with van der Waals surface area (Å²) in [6.07, 6.45) is 4.23. The molecule has 0 aliphatic carbocycles. The molecule has 1 aromatic heterocycles. The molecule has 2 aromatic carbocycles. The Morgan fingerprint density at radius 1 is 1.24 bits per heavy atom.